The number of ether oxygens (including phenoxy) is 1. The average Bonchev–Trinajstić information content (AvgIpc) is 2.78. The molecule has 2 nitrogen and oxygen atoms in total. The minimum Gasteiger partial charge on any atom is -0.435 e. The van der Waals surface area contributed by atoms with Crippen LogP contribution in [0.1, 0.15) is 0 Å². The van der Waals surface area contributed by atoms with E-state index in [1.165, 1.54) is 20.8 Å². The van der Waals surface area contributed by atoms with Gasteiger partial charge in [-0.2, -0.15) is 0 Å². The van der Waals surface area contributed by atoms with E-state index in [1.54, 1.807) is 0 Å². The normalized spacial score (nSPS) is 12.9. The zero-order chi connectivity index (χ0) is 11.2. The van der Waals surface area contributed by atoms with E-state index in [1.807, 2.05) is 23.5 Å². The van der Waals surface area contributed by atoms with Gasteiger partial charge in [0.25, 0.3) is 11.7 Å². The molecule has 17 heavy (non-hydrogen) atoms. The molecule has 0 bridgehead atoms. The Labute approximate surface area is 103 Å². The number of benzene rings is 2. The van der Waals surface area contributed by atoms with Crippen molar-refractivity contribution in [2.24, 2.45) is 0 Å². The Bertz CT molecular complexity index is 717. The standard InChI is InChI=1S/C14H10NOS/c1-3-7-12-10(5-1)14-15(9-16-12)11-6-2-4-8-13(11)17-14/h1-8H,9H2/q+1. The predicted molar refractivity (Wildman–Crippen MR) is 68.1 cm³/mol. The Kier molecular flexibility index (Phi) is 1.79. The number of hydrogen-bond donors (Lipinski definition) is 0. The number of hydrogen-bond acceptors (Lipinski definition) is 2. The van der Waals surface area contributed by atoms with Crippen molar-refractivity contribution in [3.63, 3.8) is 0 Å². The third-order valence-electron chi connectivity index (χ3n) is 3.07. The van der Waals surface area contributed by atoms with Gasteiger partial charge < -0.3 is 4.74 Å². The summed E-state index contributed by atoms with van der Waals surface area (Å²) in [6.45, 7) is 0.608. The minimum atomic E-state index is 0.608. The molecule has 0 spiro atoms. The summed E-state index contributed by atoms with van der Waals surface area (Å²) in [6, 6.07) is 16.7. The summed E-state index contributed by atoms with van der Waals surface area (Å²) in [6.07, 6.45) is 0. The van der Waals surface area contributed by atoms with Crippen molar-refractivity contribution in [3.05, 3.63) is 48.5 Å². The maximum Gasteiger partial charge on any atom is 0.293 e. The van der Waals surface area contributed by atoms with E-state index in [0.717, 1.165) is 5.75 Å². The molecular weight excluding hydrogens is 230 g/mol. The van der Waals surface area contributed by atoms with Crippen LogP contribution >= 0.6 is 11.3 Å². The van der Waals surface area contributed by atoms with Gasteiger partial charge >= 0.3 is 0 Å². The lowest BCUT2D eigenvalue weighted by atomic mass is 10.2. The topological polar surface area (TPSA) is 13.1 Å². The van der Waals surface area contributed by atoms with Crippen LogP contribution in [0.5, 0.6) is 5.75 Å². The Morgan fingerprint density at radius 2 is 1.82 bits per heavy atom. The summed E-state index contributed by atoms with van der Waals surface area (Å²) in [7, 11) is 0. The van der Waals surface area contributed by atoms with Crippen molar-refractivity contribution in [3.8, 4) is 16.3 Å². The first-order valence-corrected chi connectivity index (χ1v) is 6.39. The highest BCUT2D eigenvalue weighted by molar-refractivity contribution is 7.21. The van der Waals surface area contributed by atoms with E-state index >= 15 is 0 Å². The summed E-state index contributed by atoms with van der Waals surface area (Å²) in [5.74, 6) is 0.985. The monoisotopic (exact) mass is 240 g/mol. The fraction of sp³-hybridized carbons (Fsp3) is 0.0714. The number of rotatable bonds is 0. The van der Waals surface area contributed by atoms with Crippen LogP contribution in [0, 0.1) is 0 Å². The molecule has 1 aliphatic heterocycles. The van der Waals surface area contributed by atoms with E-state index in [0.29, 0.717) is 6.73 Å². The van der Waals surface area contributed by atoms with Gasteiger partial charge in [-0.1, -0.05) is 35.6 Å². The molecule has 1 aromatic heterocycles. The lowest BCUT2D eigenvalue weighted by molar-refractivity contribution is -0.689. The highest BCUT2D eigenvalue weighted by atomic mass is 32.1. The van der Waals surface area contributed by atoms with E-state index in [9.17, 15) is 0 Å². The molecule has 0 N–H and O–H groups in total. The lowest BCUT2D eigenvalue weighted by Crippen LogP contribution is -2.39. The smallest absolute Gasteiger partial charge is 0.293 e. The van der Waals surface area contributed by atoms with E-state index in [4.69, 9.17) is 4.74 Å². The molecule has 0 fully saturated rings. The van der Waals surface area contributed by atoms with Gasteiger partial charge in [-0.15, -0.1) is 4.57 Å². The van der Waals surface area contributed by atoms with Gasteiger partial charge in [-0.3, -0.25) is 0 Å². The Balaban J connectivity index is 2.10. The first kappa shape index (κ1) is 9.19. The zero-order valence-electron chi connectivity index (χ0n) is 9.09. The van der Waals surface area contributed by atoms with Crippen molar-refractivity contribution in [2.75, 3.05) is 0 Å². The lowest BCUT2D eigenvalue weighted by Gasteiger charge is -2.11. The van der Waals surface area contributed by atoms with Gasteiger partial charge in [0.15, 0.2) is 0 Å². The molecule has 4 rings (SSSR count). The second-order valence-corrected chi connectivity index (χ2v) is 5.10. The summed E-state index contributed by atoms with van der Waals surface area (Å²) < 4.78 is 9.33. The number of aromatic nitrogens is 1. The van der Waals surface area contributed by atoms with E-state index in [-0.39, 0.29) is 0 Å². The third kappa shape index (κ3) is 1.23. The number of nitrogens with zero attached hydrogens (tertiary/aromatic N) is 1. The second-order valence-electron chi connectivity index (χ2n) is 4.07. The van der Waals surface area contributed by atoms with Crippen molar-refractivity contribution < 1.29 is 9.30 Å². The quantitative estimate of drug-likeness (QED) is 0.550. The summed E-state index contributed by atoms with van der Waals surface area (Å²) in [5.41, 5.74) is 2.45. The molecular formula is C14H10NOS+. The van der Waals surface area contributed by atoms with Crippen LogP contribution in [-0.2, 0) is 6.73 Å². The van der Waals surface area contributed by atoms with Crippen LogP contribution in [0.15, 0.2) is 48.5 Å². The second kappa shape index (κ2) is 3.31. The summed E-state index contributed by atoms with van der Waals surface area (Å²) in [4.78, 5) is 0. The van der Waals surface area contributed by atoms with Crippen LogP contribution in [0.2, 0.25) is 0 Å². The predicted octanol–water partition coefficient (Wildman–Crippen LogP) is 3.21. The highest BCUT2D eigenvalue weighted by Gasteiger charge is 2.28. The molecule has 2 heterocycles. The van der Waals surface area contributed by atoms with E-state index < -0.39 is 0 Å². The number of para-hydroxylation sites is 2. The van der Waals surface area contributed by atoms with Crippen LogP contribution in [-0.4, -0.2) is 0 Å². The summed E-state index contributed by atoms with van der Waals surface area (Å²) in [5, 5.41) is 1.29. The van der Waals surface area contributed by atoms with Gasteiger partial charge in [0.05, 0.1) is 5.56 Å². The van der Waals surface area contributed by atoms with Gasteiger partial charge in [0, 0.05) is 6.07 Å². The number of fused-ring (bicyclic) bond motifs is 5. The fourth-order valence-corrected chi connectivity index (χ4v) is 3.44. The molecule has 82 valence electrons. The molecule has 0 unspecified atom stereocenters. The van der Waals surface area contributed by atoms with Crippen molar-refractivity contribution in [1.29, 1.82) is 0 Å². The zero-order valence-corrected chi connectivity index (χ0v) is 9.91. The highest BCUT2D eigenvalue weighted by Crippen LogP contribution is 2.36. The molecule has 0 radical (unpaired) electrons. The fourth-order valence-electron chi connectivity index (χ4n) is 2.27. The van der Waals surface area contributed by atoms with E-state index in [2.05, 4.69) is 41.0 Å². The maximum absolute atomic E-state index is 5.79. The molecule has 1 aliphatic rings. The molecule has 0 saturated heterocycles. The van der Waals surface area contributed by atoms with Crippen molar-refractivity contribution >= 4 is 21.6 Å². The van der Waals surface area contributed by atoms with Gasteiger partial charge in [-0.25, -0.2) is 0 Å². The Morgan fingerprint density at radius 3 is 2.82 bits per heavy atom. The number of thiazole rings is 1. The summed E-state index contributed by atoms with van der Waals surface area (Å²) >= 11 is 1.83. The SMILES string of the molecule is c1ccc2c(c1)OC[n+]1c-2sc2ccccc21. The molecule has 2 aromatic carbocycles. The maximum atomic E-state index is 5.79. The third-order valence-corrected chi connectivity index (χ3v) is 4.27. The van der Waals surface area contributed by atoms with Gasteiger partial charge in [0.1, 0.15) is 10.4 Å². The first-order chi connectivity index (χ1) is 8.43. The molecule has 0 aliphatic carbocycles. The van der Waals surface area contributed by atoms with Crippen LogP contribution in [0.3, 0.4) is 0 Å². The Hall–Kier alpha value is -1.87. The minimum absolute atomic E-state index is 0.608. The van der Waals surface area contributed by atoms with Crippen molar-refractivity contribution in [2.45, 2.75) is 6.73 Å². The van der Waals surface area contributed by atoms with Gasteiger partial charge in [0.2, 0.25) is 5.52 Å². The molecule has 3 aromatic rings. The Morgan fingerprint density at radius 1 is 1.00 bits per heavy atom. The van der Waals surface area contributed by atoms with Gasteiger partial charge in [-0.05, 0) is 18.2 Å². The van der Waals surface area contributed by atoms with Crippen LogP contribution in [0.4, 0.5) is 0 Å². The molecule has 3 heteroatoms. The van der Waals surface area contributed by atoms with Crippen LogP contribution in [0.25, 0.3) is 20.8 Å². The van der Waals surface area contributed by atoms with Crippen LogP contribution < -0.4 is 9.30 Å². The largest absolute Gasteiger partial charge is 0.435 e. The molecule has 0 saturated carbocycles. The molecule has 0 amide bonds. The van der Waals surface area contributed by atoms with Crippen molar-refractivity contribution in [1.82, 2.24) is 0 Å². The first-order valence-electron chi connectivity index (χ1n) is 5.57. The average molecular weight is 240 g/mol. The molecule has 0 atom stereocenters.